The van der Waals surface area contributed by atoms with E-state index in [-0.39, 0.29) is 23.4 Å². The van der Waals surface area contributed by atoms with Crippen molar-refractivity contribution in [3.63, 3.8) is 0 Å². The molecule has 3 saturated carbocycles. The number of allylic oxidation sites excluding steroid dienone is 4. The van der Waals surface area contributed by atoms with Crippen molar-refractivity contribution in [3.8, 4) is 0 Å². The molecule has 31 heavy (non-hydrogen) atoms. The molecular weight excluding hydrogens is 384 g/mol. The smallest absolute Gasteiger partial charge is 0.0834 e. The van der Waals surface area contributed by atoms with Crippen LogP contribution in [-0.4, -0.2) is 32.6 Å². The van der Waals surface area contributed by atoms with Crippen molar-refractivity contribution in [1.82, 2.24) is 0 Å². The van der Waals surface area contributed by atoms with E-state index in [1.54, 1.807) is 6.08 Å². The topological polar surface area (TPSA) is 60.7 Å². The largest absolute Gasteiger partial charge is 0.393 e. The van der Waals surface area contributed by atoms with Crippen molar-refractivity contribution in [2.24, 2.45) is 23.2 Å². The highest BCUT2D eigenvalue weighted by molar-refractivity contribution is 5.36. The molecule has 1 unspecified atom stereocenters. The third-order valence-corrected chi connectivity index (χ3v) is 8.78. The van der Waals surface area contributed by atoms with Gasteiger partial charge < -0.3 is 15.3 Å². The molecule has 0 saturated heterocycles. The Bertz CT molecular complexity index is 767. The van der Waals surface area contributed by atoms with E-state index in [0.29, 0.717) is 12.3 Å². The molecule has 0 bridgehead atoms. The quantitative estimate of drug-likeness (QED) is 0.480. The maximum atomic E-state index is 11.5. The molecule has 3 aliphatic carbocycles. The van der Waals surface area contributed by atoms with Crippen LogP contribution in [0.25, 0.3) is 0 Å². The predicted molar refractivity (Wildman–Crippen MR) is 129 cm³/mol. The van der Waals surface area contributed by atoms with Crippen LogP contribution in [0.3, 0.4) is 0 Å². The highest BCUT2D eigenvalue weighted by Gasteiger charge is 2.54. The lowest BCUT2D eigenvalue weighted by molar-refractivity contribution is -0.0260. The van der Waals surface area contributed by atoms with E-state index in [2.05, 4.69) is 25.7 Å². The molecule has 3 fully saturated rings. The average molecular weight is 429 g/mol. The van der Waals surface area contributed by atoms with Crippen LogP contribution in [-0.2, 0) is 0 Å². The highest BCUT2D eigenvalue weighted by atomic mass is 16.3. The van der Waals surface area contributed by atoms with Crippen LogP contribution in [0.5, 0.6) is 0 Å². The minimum absolute atomic E-state index is 0.0587. The van der Waals surface area contributed by atoms with Crippen LogP contribution >= 0.6 is 0 Å². The molecule has 0 aromatic rings. The normalized spacial score (nSPS) is 38.6. The zero-order valence-corrected chi connectivity index (χ0v) is 20.3. The van der Waals surface area contributed by atoms with Crippen molar-refractivity contribution < 1.29 is 15.3 Å². The summed E-state index contributed by atoms with van der Waals surface area (Å²) in [5.74, 6) is 0.749. The summed E-state index contributed by atoms with van der Waals surface area (Å²) in [5, 5.41) is 32.1. The maximum absolute atomic E-state index is 11.5. The Hall–Kier alpha value is -1.16. The first kappa shape index (κ1) is 24.5. The Morgan fingerprint density at radius 1 is 1.06 bits per heavy atom. The van der Waals surface area contributed by atoms with Gasteiger partial charge in [-0.1, -0.05) is 62.8 Å². The molecular formula is C28H44O3. The monoisotopic (exact) mass is 428 g/mol. The first-order chi connectivity index (χ1) is 14.4. The Kier molecular flexibility index (Phi) is 7.11. The molecule has 3 rings (SSSR count). The Labute approximate surface area is 189 Å². The SMILES string of the molecule is C=C1CC[C@H](O)CC1=CC=C1CCC[C@@]2(C)C1CC[C@@H]2[C@@](C)(O)C=C[C@@](C)(O)C(C)C. The second-order valence-corrected chi connectivity index (χ2v) is 11.4. The first-order valence-electron chi connectivity index (χ1n) is 12.3. The van der Waals surface area contributed by atoms with E-state index in [1.807, 2.05) is 33.8 Å². The van der Waals surface area contributed by atoms with Gasteiger partial charge in [-0.2, -0.15) is 0 Å². The summed E-state index contributed by atoms with van der Waals surface area (Å²) in [7, 11) is 0. The average Bonchev–Trinajstić information content (AvgIpc) is 3.05. The zero-order valence-electron chi connectivity index (χ0n) is 20.3. The summed E-state index contributed by atoms with van der Waals surface area (Å²) in [6.07, 6.45) is 15.8. The second kappa shape index (κ2) is 9.00. The molecule has 3 N–H and O–H groups in total. The third-order valence-electron chi connectivity index (χ3n) is 8.78. The van der Waals surface area contributed by atoms with Gasteiger partial charge in [0.15, 0.2) is 0 Å². The molecule has 0 spiro atoms. The minimum Gasteiger partial charge on any atom is -0.393 e. The van der Waals surface area contributed by atoms with Crippen molar-refractivity contribution in [1.29, 1.82) is 0 Å². The summed E-state index contributed by atoms with van der Waals surface area (Å²) >= 11 is 0. The molecule has 3 nitrogen and oxygen atoms in total. The van der Waals surface area contributed by atoms with E-state index < -0.39 is 11.2 Å². The Balaban J connectivity index is 1.82. The molecule has 0 aromatic carbocycles. The standard InChI is InChI=1S/C28H44O3/c1-19(2)27(5,30)16-17-28(6,31)25-14-13-24-21(8-7-15-26(24,25)4)10-11-22-18-23(29)12-9-20(22)3/h10-11,16-17,19,23-25,29-31H,3,7-9,12-15,18H2,1-2,4-6H3/t23-,24?,25-,26-,27+,28-/m0/s1. The number of rotatable bonds is 5. The predicted octanol–water partition coefficient (Wildman–Crippen LogP) is 5.87. The summed E-state index contributed by atoms with van der Waals surface area (Å²) in [4.78, 5) is 0. The van der Waals surface area contributed by atoms with Crippen LogP contribution in [0.4, 0.5) is 0 Å². The van der Waals surface area contributed by atoms with Gasteiger partial charge in [-0.05, 0) is 94.0 Å². The second-order valence-electron chi connectivity index (χ2n) is 11.4. The van der Waals surface area contributed by atoms with Gasteiger partial charge >= 0.3 is 0 Å². The molecule has 174 valence electrons. The molecule has 0 radical (unpaired) electrons. The van der Waals surface area contributed by atoms with Crippen molar-refractivity contribution in [2.75, 3.05) is 0 Å². The van der Waals surface area contributed by atoms with Crippen molar-refractivity contribution >= 4 is 0 Å². The van der Waals surface area contributed by atoms with Crippen molar-refractivity contribution in [2.45, 2.75) is 103 Å². The molecule has 0 aliphatic heterocycles. The van der Waals surface area contributed by atoms with E-state index in [1.165, 1.54) is 11.1 Å². The fourth-order valence-corrected chi connectivity index (χ4v) is 6.24. The van der Waals surface area contributed by atoms with Gasteiger partial charge in [0.1, 0.15) is 0 Å². The summed E-state index contributed by atoms with van der Waals surface area (Å²) in [6.45, 7) is 14.3. The molecule has 3 aliphatic rings. The van der Waals surface area contributed by atoms with Gasteiger partial charge in [0, 0.05) is 0 Å². The summed E-state index contributed by atoms with van der Waals surface area (Å²) in [6, 6.07) is 0. The number of aliphatic hydroxyl groups excluding tert-OH is 1. The lowest BCUT2D eigenvalue weighted by atomic mass is 9.60. The highest BCUT2D eigenvalue weighted by Crippen LogP contribution is 2.60. The summed E-state index contributed by atoms with van der Waals surface area (Å²) in [5.41, 5.74) is 2.05. The van der Waals surface area contributed by atoms with E-state index >= 15 is 0 Å². The molecule has 0 heterocycles. The van der Waals surface area contributed by atoms with Crippen LogP contribution in [0.2, 0.25) is 0 Å². The molecule has 0 aromatic heterocycles. The molecule has 0 amide bonds. The minimum atomic E-state index is -0.939. The Morgan fingerprint density at radius 2 is 1.77 bits per heavy atom. The Morgan fingerprint density at radius 3 is 2.45 bits per heavy atom. The van der Waals surface area contributed by atoms with Crippen LogP contribution in [0.1, 0.15) is 86.0 Å². The lowest BCUT2D eigenvalue weighted by Gasteiger charge is -2.46. The maximum Gasteiger partial charge on any atom is 0.0834 e. The van der Waals surface area contributed by atoms with Gasteiger partial charge in [-0.15, -0.1) is 0 Å². The lowest BCUT2D eigenvalue weighted by Crippen LogP contribution is -2.44. The van der Waals surface area contributed by atoms with Gasteiger partial charge in [0.05, 0.1) is 17.3 Å². The van der Waals surface area contributed by atoms with Crippen LogP contribution in [0, 0.1) is 23.2 Å². The van der Waals surface area contributed by atoms with Crippen LogP contribution < -0.4 is 0 Å². The first-order valence-corrected chi connectivity index (χ1v) is 12.3. The van der Waals surface area contributed by atoms with Crippen molar-refractivity contribution in [3.05, 3.63) is 47.6 Å². The number of hydrogen-bond acceptors (Lipinski definition) is 3. The zero-order chi connectivity index (χ0) is 23.0. The van der Waals surface area contributed by atoms with Gasteiger partial charge in [0.25, 0.3) is 0 Å². The fourth-order valence-electron chi connectivity index (χ4n) is 6.24. The summed E-state index contributed by atoms with van der Waals surface area (Å²) < 4.78 is 0. The number of fused-ring (bicyclic) bond motifs is 1. The fraction of sp³-hybridized carbons (Fsp3) is 0.714. The number of hydrogen-bond donors (Lipinski definition) is 3. The van der Waals surface area contributed by atoms with Crippen LogP contribution in [0.15, 0.2) is 47.6 Å². The van der Waals surface area contributed by atoms with Gasteiger partial charge in [-0.25, -0.2) is 0 Å². The number of aliphatic hydroxyl groups is 3. The van der Waals surface area contributed by atoms with E-state index in [4.69, 9.17) is 0 Å². The van der Waals surface area contributed by atoms with Gasteiger partial charge in [-0.3, -0.25) is 0 Å². The molecule has 6 atom stereocenters. The van der Waals surface area contributed by atoms with E-state index in [0.717, 1.165) is 50.5 Å². The molecule has 3 heteroatoms. The van der Waals surface area contributed by atoms with E-state index in [9.17, 15) is 15.3 Å². The third kappa shape index (κ3) is 5.10. The van der Waals surface area contributed by atoms with Gasteiger partial charge in [0.2, 0.25) is 0 Å².